The highest BCUT2D eigenvalue weighted by molar-refractivity contribution is 8.28. The third kappa shape index (κ3) is 6.98. The van der Waals surface area contributed by atoms with Gasteiger partial charge in [0.25, 0.3) is 0 Å². The van der Waals surface area contributed by atoms with E-state index in [1.807, 2.05) is 18.2 Å². The molecule has 4 aromatic rings. The van der Waals surface area contributed by atoms with Crippen LogP contribution in [-0.4, -0.2) is 16.8 Å². The van der Waals surface area contributed by atoms with Crippen molar-refractivity contribution in [3.05, 3.63) is 115 Å². The van der Waals surface area contributed by atoms with E-state index in [1.165, 1.54) is 30.1 Å². The Hall–Kier alpha value is -1.18. The van der Waals surface area contributed by atoms with Gasteiger partial charge >= 0.3 is 0 Å². The molecular weight excluding hydrogens is 591 g/mol. The molecule has 0 aromatic heterocycles. The lowest BCUT2D eigenvalue weighted by Crippen LogP contribution is -3.00. The summed E-state index contributed by atoms with van der Waals surface area (Å²) >= 11 is 0. The van der Waals surface area contributed by atoms with Crippen molar-refractivity contribution < 1.29 is 25.3 Å². The summed E-state index contributed by atoms with van der Waals surface area (Å²) < 4.78 is 27.1. The Labute approximate surface area is 233 Å². The third-order valence-electron chi connectivity index (χ3n) is 5.40. The van der Waals surface area contributed by atoms with Gasteiger partial charge in [0.1, 0.15) is 40.8 Å². The van der Waals surface area contributed by atoms with E-state index in [9.17, 15) is 0 Å². The topological polar surface area (TPSA) is 18.5 Å². The van der Waals surface area contributed by atoms with Crippen LogP contribution in [0.25, 0.3) is 0 Å². The molecule has 0 spiro atoms. The van der Waals surface area contributed by atoms with Crippen molar-refractivity contribution in [2.24, 2.45) is 0 Å². The maximum absolute atomic E-state index is 7.66. The highest BCUT2D eigenvalue weighted by Crippen LogP contribution is 2.59. The average Bonchev–Trinajstić information content (AvgIpc) is 2.94. The molecule has 176 valence electrons. The minimum Gasteiger partial charge on any atom is -1.00 e. The van der Waals surface area contributed by atoms with Crippen molar-refractivity contribution in [3.8, 4) is 11.5 Å². The first kappa shape index (κ1) is 25.5. The lowest BCUT2D eigenvalue weighted by Gasteiger charge is -2.28. The van der Waals surface area contributed by atoms with Gasteiger partial charge in [0.2, 0.25) is 14.2 Å². The molecule has 0 aliphatic carbocycles. The second kappa shape index (κ2) is 13.4. The molecule has 0 amide bonds. The van der Waals surface area contributed by atoms with Crippen molar-refractivity contribution >= 4 is 73.8 Å². The molecule has 2 atom stereocenters. The molecule has 2 unspecified atom stereocenters. The monoisotopic (exact) mass is 618 g/mol. The number of halogens is 1. The van der Waals surface area contributed by atoms with E-state index in [2.05, 4.69) is 107 Å². The van der Waals surface area contributed by atoms with Gasteiger partial charge in [-0.1, -0.05) is 70.6 Å². The molecule has 2 radical (unpaired) electrons. The predicted molar refractivity (Wildman–Crippen MR) is 162 cm³/mol. The van der Waals surface area contributed by atoms with Gasteiger partial charge in [-0.15, -0.1) is 0 Å². The second-order valence-corrected chi connectivity index (χ2v) is 14.9. The highest BCUT2D eigenvalue weighted by atomic mass is 79.9. The average molecular weight is 619 g/mol. The zero-order valence-corrected chi connectivity index (χ0v) is 24.8. The summed E-state index contributed by atoms with van der Waals surface area (Å²) in [6, 6.07) is 37.9. The number of hydrogen-bond acceptors (Lipinski definition) is 2. The fraction of sp³-hybridized carbons (Fsp3) is 0.0400. The van der Waals surface area contributed by atoms with Gasteiger partial charge in [-0.3, -0.25) is 0 Å². The molecule has 0 saturated carbocycles. The first-order valence-corrected chi connectivity index (χ1v) is 17.3. The van der Waals surface area contributed by atoms with Gasteiger partial charge < -0.3 is 25.3 Å². The third-order valence-corrected chi connectivity index (χ3v) is 11.0. The van der Waals surface area contributed by atoms with E-state index in [0.29, 0.717) is 11.5 Å². The van der Waals surface area contributed by atoms with E-state index < -0.39 is 27.7 Å². The van der Waals surface area contributed by atoms with Crippen LogP contribution in [0.1, 0.15) is 5.56 Å². The van der Waals surface area contributed by atoms with Gasteiger partial charge in [0.15, 0.2) is 0 Å². The van der Waals surface area contributed by atoms with Crippen LogP contribution in [0.15, 0.2) is 109 Å². The van der Waals surface area contributed by atoms with E-state index >= 15 is 0 Å². The summed E-state index contributed by atoms with van der Waals surface area (Å²) in [4.78, 5) is 0. The SMILES string of the molecule is [3H][B]S(=P)Oc1ccc(C[P+](c2ccccc2)(c2ccccc2)c2ccccc2)c(OS(=P)[B][3H])c1.[Br-]. The molecule has 0 heterocycles. The van der Waals surface area contributed by atoms with Crippen LogP contribution >= 0.6 is 23.3 Å². The zero-order chi connectivity index (χ0) is 25.4. The molecule has 35 heavy (non-hydrogen) atoms. The van der Waals surface area contributed by atoms with Gasteiger partial charge in [0, 0.05) is 11.6 Å². The predicted octanol–water partition coefficient (Wildman–Crippen LogP) is 1.76. The fourth-order valence-electron chi connectivity index (χ4n) is 4.02. The summed E-state index contributed by atoms with van der Waals surface area (Å²) in [5.74, 6) is 1.24. The minimum atomic E-state index is -2.14. The molecule has 4 rings (SSSR count). The highest BCUT2D eigenvalue weighted by Gasteiger charge is 2.46. The summed E-state index contributed by atoms with van der Waals surface area (Å²) in [7, 11) is 5.50. The van der Waals surface area contributed by atoms with E-state index in [1.54, 1.807) is 0 Å². The molecule has 4 aromatic carbocycles. The van der Waals surface area contributed by atoms with E-state index in [4.69, 9.17) is 11.0 Å². The Morgan fingerprint density at radius 3 is 1.60 bits per heavy atom. The smallest absolute Gasteiger partial charge is 0.222 e. The Balaban J connectivity index is 0.00000380. The number of benzene rings is 4. The standard InChI is InChI=1S/C25H24B2O2P3S2.BrH/c26-33(30)28-21-17-16-20(25(18-21)29-34(27)31)19-32(22-10-4-1-5-11-22,23-12-6-2-7-13-23)24-14-8-3-9-15-24;/h1-18,26-27,30-31H,19H2;1H/q+1;/p-1/i26T,27T;. The van der Waals surface area contributed by atoms with Gasteiger partial charge in [0.05, 0.1) is 0 Å². The second-order valence-electron chi connectivity index (χ2n) is 7.51. The molecular formula is C25H24B2BrO2P3S2. The normalized spacial score (nSPS) is 13.3. The van der Waals surface area contributed by atoms with Crippen LogP contribution in [0.2, 0.25) is 0 Å². The Bertz CT molecular complexity index is 1250. The molecule has 0 saturated heterocycles. The Kier molecular flexibility index (Phi) is 9.74. The number of hydrogen-bond donors (Lipinski definition) is 0. The van der Waals surface area contributed by atoms with Gasteiger partial charge in [-0.05, 0) is 71.6 Å². The van der Waals surface area contributed by atoms with Crippen molar-refractivity contribution in [2.45, 2.75) is 6.16 Å². The first-order chi connectivity index (χ1) is 17.6. The first-order valence-electron chi connectivity index (χ1n) is 11.6. The van der Waals surface area contributed by atoms with Crippen molar-refractivity contribution in [1.82, 2.24) is 0 Å². The Morgan fingerprint density at radius 2 is 1.14 bits per heavy atom. The summed E-state index contributed by atoms with van der Waals surface area (Å²) in [6.45, 7) is 0. The zero-order valence-electron chi connectivity index (χ0n) is 20.7. The Morgan fingerprint density at radius 1 is 0.686 bits per heavy atom. The van der Waals surface area contributed by atoms with Crippen LogP contribution in [-0.2, 0) is 26.6 Å². The van der Waals surface area contributed by atoms with Gasteiger partial charge in [-0.25, -0.2) is 0 Å². The molecule has 0 bridgehead atoms. The maximum Gasteiger partial charge on any atom is 0.222 e. The van der Waals surface area contributed by atoms with Crippen LogP contribution in [0.4, 0.5) is 0 Å². The van der Waals surface area contributed by atoms with Crippen LogP contribution < -0.4 is 41.3 Å². The largest absolute Gasteiger partial charge is 1.00 e. The van der Waals surface area contributed by atoms with Crippen LogP contribution in [0, 0.1) is 0 Å². The molecule has 0 N–H and O–H groups in total. The van der Waals surface area contributed by atoms with E-state index in [-0.39, 0.29) is 17.0 Å². The van der Waals surface area contributed by atoms with Crippen molar-refractivity contribution in [2.75, 3.05) is 0 Å². The number of rotatable bonds is 11. The lowest BCUT2D eigenvalue weighted by molar-refractivity contribution is -0.00000714. The summed E-state index contributed by atoms with van der Waals surface area (Å²) in [5, 5.41) is 3.84. The summed E-state index contributed by atoms with van der Waals surface area (Å²) in [5.41, 5.74) is 1.02. The lowest BCUT2D eigenvalue weighted by atomic mass is 10.2. The summed E-state index contributed by atoms with van der Waals surface area (Å²) in [6.07, 6.45) is 0.728. The van der Waals surface area contributed by atoms with Crippen molar-refractivity contribution in [3.63, 3.8) is 0 Å². The quantitative estimate of drug-likeness (QED) is 0.189. The van der Waals surface area contributed by atoms with Crippen LogP contribution in [0.3, 0.4) is 0 Å². The van der Waals surface area contributed by atoms with E-state index in [0.717, 1.165) is 11.7 Å². The molecule has 0 fully saturated rings. The molecule has 0 aliphatic rings. The molecule has 2 nitrogen and oxygen atoms in total. The molecule has 10 heteroatoms. The van der Waals surface area contributed by atoms with Crippen molar-refractivity contribution in [1.29, 1.82) is 2.67 Å². The fourth-order valence-corrected chi connectivity index (χ4v) is 9.49. The minimum absolute atomic E-state index is 0. The van der Waals surface area contributed by atoms with Crippen LogP contribution in [0.5, 0.6) is 11.5 Å². The maximum atomic E-state index is 7.66. The van der Waals surface area contributed by atoms with Gasteiger partial charge in [-0.2, -0.15) is 0 Å². The molecule has 0 aliphatic heterocycles.